The van der Waals surface area contributed by atoms with Crippen molar-refractivity contribution >= 4 is 73.8 Å². The second-order valence-corrected chi connectivity index (χ2v) is 23.6. The molecular weight excluding hydrogens is 1080 g/mol. The van der Waals surface area contributed by atoms with Crippen LogP contribution in [0.15, 0.2) is 95.5 Å². The number of nitrogens with zero attached hydrogens (tertiary/aromatic N) is 10. The van der Waals surface area contributed by atoms with Gasteiger partial charge < -0.3 is 39.1 Å². The van der Waals surface area contributed by atoms with Crippen LogP contribution in [0, 0.1) is 35.9 Å². The zero-order valence-corrected chi connectivity index (χ0v) is 48.4. The van der Waals surface area contributed by atoms with Crippen LogP contribution >= 0.6 is 22.9 Å². The fourth-order valence-electron chi connectivity index (χ4n) is 12.1. The number of phenols is 1. The van der Waals surface area contributed by atoms with E-state index in [9.17, 15) is 29.9 Å². The van der Waals surface area contributed by atoms with Crippen molar-refractivity contribution in [3.63, 3.8) is 0 Å². The van der Waals surface area contributed by atoms with Crippen molar-refractivity contribution < 1.29 is 38.2 Å². The Bertz CT molecular complexity index is 3540. The molecule has 2 amide bonds. The number of fused-ring (bicyclic) bond motifs is 2. The molecule has 2 N–H and O–H groups in total. The molecule has 3 aliphatic rings. The first-order chi connectivity index (χ1) is 39.5. The number of aliphatic hydroxyl groups is 1. The fraction of sp³-hybridized carbons (Fsp3) is 0.419. The average Bonchev–Trinajstić information content (AvgIpc) is 3.21. The van der Waals surface area contributed by atoms with E-state index in [1.165, 1.54) is 12.1 Å². The number of benzene rings is 4. The maximum atomic E-state index is 17.3. The number of phenolic OH excluding ortho intramolecular Hbond substituents is 1. The first-order valence-corrected chi connectivity index (χ1v) is 29.3. The van der Waals surface area contributed by atoms with Gasteiger partial charge in [-0.25, -0.2) is 9.37 Å². The van der Waals surface area contributed by atoms with Crippen LogP contribution < -0.4 is 14.5 Å². The summed E-state index contributed by atoms with van der Waals surface area (Å²) in [6.45, 7) is 15.5. The highest BCUT2D eigenvalue weighted by molar-refractivity contribution is 7.13. The van der Waals surface area contributed by atoms with E-state index in [4.69, 9.17) is 25.8 Å². The molecular formula is C62H68ClFN10O7S. The average molecular weight is 1150 g/mol. The number of β-amino-alcohol motifs (C(OH)–C–C–N with tert-alkyl or cyclic N) is 1. The van der Waals surface area contributed by atoms with Gasteiger partial charge in [0, 0.05) is 76.2 Å². The van der Waals surface area contributed by atoms with Crippen molar-refractivity contribution in [3.05, 3.63) is 119 Å². The van der Waals surface area contributed by atoms with E-state index in [1.54, 1.807) is 33.3 Å². The Balaban J connectivity index is 0.774. The summed E-state index contributed by atoms with van der Waals surface area (Å²) in [6, 6.07) is 23.0. The predicted molar refractivity (Wildman–Crippen MR) is 316 cm³/mol. The number of likely N-dealkylation sites (tertiary alicyclic amines) is 2. The van der Waals surface area contributed by atoms with Gasteiger partial charge in [-0.1, -0.05) is 92.6 Å². The van der Waals surface area contributed by atoms with E-state index in [1.807, 2.05) is 92.5 Å². The van der Waals surface area contributed by atoms with Crippen LogP contribution in [0.1, 0.15) is 81.7 Å². The van der Waals surface area contributed by atoms with Crippen molar-refractivity contribution in [2.45, 2.75) is 89.8 Å². The molecule has 3 fully saturated rings. The summed E-state index contributed by atoms with van der Waals surface area (Å²) in [7, 11) is 1.96. The number of aromatic hydroxyl groups is 1. The maximum absolute atomic E-state index is 17.3. The smallest absolute Gasteiger partial charge is 0.319 e. The lowest BCUT2D eigenvalue weighted by Crippen LogP contribution is -2.55. The molecule has 5 atom stereocenters. The van der Waals surface area contributed by atoms with Crippen LogP contribution in [0.3, 0.4) is 0 Å². The third kappa shape index (κ3) is 12.2. The molecule has 0 aliphatic carbocycles. The first-order valence-electron chi connectivity index (χ1n) is 28.0. The standard InChI is InChI=1S/C62H68ClFN10O7S/c1-7-54(78)73-23-22-72(33-43(73)16-19-65)60-48-30-49(63)56(47-28-44(75)27-42-10-8-9-11-46(42)47)57(64)58(48)67-62(68-60)80-25-24-71-20-17-39(18-21-71)32-70(6)53-31-52(81-69-53)55(36(2)3)61(79)74-34-45(76)29-50(74)51(77)26-37(4)40-12-14-41(15-13-40)59-38(5)66-35-82-59/h7-15,27-28,30-31,35-37,39,43,45,50,55,75-76H,1,16-18,20-26,29,32-34H2,2-6H3/t37-,43+,45-,50+,55+/m1/s1. The molecule has 82 heavy (non-hydrogen) atoms. The van der Waals surface area contributed by atoms with Gasteiger partial charge in [0.2, 0.25) is 11.8 Å². The van der Waals surface area contributed by atoms with Gasteiger partial charge in [0.15, 0.2) is 23.2 Å². The second-order valence-electron chi connectivity index (χ2n) is 22.4. The highest BCUT2D eigenvalue weighted by atomic mass is 35.5. The molecule has 7 aromatic rings. The van der Waals surface area contributed by atoms with Gasteiger partial charge in [0.05, 0.1) is 51.8 Å². The molecule has 3 saturated heterocycles. The zero-order chi connectivity index (χ0) is 57.9. The number of piperidine rings is 1. The maximum Gasteiger partial charge on any atom is 0.319 e. The molecule has 6 heterocycles. The molecule has 428 valence electrons. The molecule has 10 rings (SSSR count). The van der Waals surface area contributed by atoms with Crippen LogP contribution in [0.4, 0.5) is 16.0 Å². The van der Waals surface area contributed by atoms with Gasteiger partial charge in [-0.3, -0.25) is 19.3 Å². The molecule has 17 nitrogen and oxygen atoms in total. The third-order valence-corrected chi connectivity index (χ3v) is 17.8. The van der Waals surface area contributed by atoms with Crippen LogP contribution in [0.5, 0.6) is 11.8 Å². The zero-order valence-electron chi connectivity index (χ0n) is 46.8. The van der Waals surface area contributed by atoms with Gasteiger partial charge in [-0.2, -0.15) is 15.2 Å². The highest BCUT2D eigenvalue weighted by Crippen LogP contribution is 2.43. The number of hydrogen-bond acceptors (Lipinski definition) is 16. The minimum Gasteiger partial charge on any atom is -0.508 e. The largest absolute Gasteiger partial charge is 0.508 e. The number of ether oxygens (including phenoxy) is 1. The number of hydrogen-bond donors (Lipinski definition) is 2. The molecule has 3 aromatic heterocycles. The molecule has 0 radical (unpaired) electrons. The minimum absolute atomic E-state index is 0.0297. The molecule has 3 aliphatic heterocycles. The number of halogens is 2. The summed E-state index contributed by atoms with van der Waals surface area (Å²) in [5.41, 5.74) is 5.35. The van der Waals surface area contributed by atoms with Gasteiger partial charge >= 0.3 is 6.01 Å². The lowest BCUT2D eigenvalue weighted by molar-refractivity contribution is -0.140. The van der Waals surface area contributed by atoms with Crippen molar-refractivity contribution in [2.24, 2.45) is 11.8 Å². The molecule has 0 saturated carbocycles. The Morgan fingerprint density at radius 2 is 1.78 bits per heavy atom. The number of aliphatic hydroxyl groups excluding tert-OH is 1. The predicted octanol–water partition coefficient (Wildman–Crippen LogP) is 10.2. The number of nitriles is 1. The lowest BCUT2D eigenvalue weighted by atomic mass is 9.89. The van der Waals surface area contributed by atoms with E-state index in [2.05, 4.69) is 44.8 Å². The number of rotatable bonds is 19. The number of aromatic nitrogens is 4. The third-order valence-electron chi connectivity index (χ3n) is 16.5. The first kappa shape index (κ1) is 57.7. The number of thiazole rings is 1. The Kier molecular flexibility index (Phi) is 17.5. The molecule has 4 aromatic carbocycles. The lowest BCUT2D eigenvalue weighted by Gasteiger charge is -2.41. The normalized spacial score (nSPS) is 18.7. The number of Topliss-reactive ketones (excluding diaryl/α,β-unsaturated/α-hetero) is 1. The van der Waals surface area contributed by atoms with Crippen molar-refractivity contribution in [2.75, 3.05) is 75.8 Å². The van der Waals surface area contributed by atoms with Gasteiger partial charge in [0.25, 0.3) is 0 Å². The topological polar surface area (TPSA) is 206 Å². The molecule has 0 spiro atoms. The summed E-state index contributed by atoms with van der Waals surface area (Å²) in [6.07, 6.45) is 2.69. The van der Waals surface area contributed by atoms with Crippen LogP contribution in [-0.4, -0.2) is 147 Å². The van der Waals surface area contributed by atoms with E-state index in [0.29, 0.717) is 64.7 Å². The Hall–Kier alpha value is -7.50. The van der Waals surface area contributed by atoms with Crippen molar-refractivity contribution in [1.82, 2.24) is 34.8 Å². The van der Waals surface area contributed by atoms with E-state index in [0.717, 1.165) is 47.6 Å². The number of carbonyl (C=O) groups excluding carboxylic acids is 3. The van der Waals surface area contributed by atoms with Gasteiger partial charge in [-0.05, 0) is 102 Å². The Morgan fingerprint density at radius 3 is 2.50 bits per heavy atom. The summed E-state index contributed by atoms with van der Waals surface area (Å²) in [5.74, 6) is -0.666. The summed E-state index contributed by atoms with van der Waals surface area (Å²) < 4.78 is 29.5. The van der Waals surface area contributed by atoms with E-state index in [-0.39, 0.29) is 103 Å². The number of ketones is 1. The number of amides is 2. The highest BCUT2D eigenvalue weighted by Gasteiger charge is 2.43. The summed E-state index contributed by atoms with van der Waals surface area (Å²) in [4.78, 5) is 65.7. The van der Waals surface area contributed by atoms with Crippen LogP contribution in [-0.2, 0) is 14.4 Å². The van der Waals surface area contributed by atoms with Gasteiger partial charge in [-0.15, -0.1) is 11.3 Å². The Labute approximate surface area is 485 Å². The van der Waals surface area contributed by atoms with E-state index >= 15 is 4.39 Å². The van der Waals surface area contributed by atoms with E-state index < -0.39 is 29.9 Å². The second kappa shape index (κ2) is 24.9. The van der Waals surface area contributed by atoms with Crippen LogP contribution in [0.25, 0.3) is 43.2 Å². The number of anilines is 2. The van der Waals surface area contributed by atoms with Crippen molar-refractivity contribution in [3.8, 4) is 39.4 Å². The molecule has 0 unspecified atom stereocenters. The number of piperazine rings is 1. The molecule has 20 heteroatoms. The number of aryl methyl sites for hydroxylation is 1. The molecule has 0 bridgehead atoms. The monoisotopic (exact) mass is 1150 g/mol. The number of carbonyl (C=O) groups is 3. The minimum atomic E-state index is -0.813. The summed E-state index contributed by atoms with van der Waals surface area (Å²) >= 11 is 8.57. The van der Waals surface area contributed by atoms with Gasteiger partial charge in [0.1, 0.15) is 29.6 Å². The fourth-order valence-corrected chi connectivity index (χ4v) is 13.2. The summed E-state index contributed by atoms with van der Waals surface area (Å²) in [5, 5.41) is 37.5. The SMILES string of the molecule is C=CC(=O)N1CCN(c2nc(OCCN3CCC(CN(C)c4cc([C@@H](C(=O)N5C[C@H](O)C[C@H]5C(=O)C[C@@H](C)c5ccc(-c6scnc6C)cc5)C(C)C)on4)CC3)nc3c(F)c(-c4cc(O)cc5ccccc45)c(Cl)cc23)C[C@@H]1CC#N. The Morgan fingerprint density at radius 1 is 1.01 bits per heavy atom. The quantitative estimate of drug-likeness (QED) is 0.0723. The van der Waals surface area contributed by atoms with Crippen LogP contribution in [0.2, 0.25) is 5.02 Å². The van der Waals surface area contributed by atoms with Crippen molar-refractivity contribution in [1.29, 1.82) is 5.26 Å².